The van der Waals surface area contributed by atoms with Crippen LogP contribution in [0.15, 0.2) is 18.2 Å². The van der Waals surface area contributed by atoms with Crippen LogP contribution in [-0.2, 0) is 26.1 Å². The van der Waals surface area contributed by atoms with Gasteiger partial charge in [-0.05, 0) is 61.8 Å². The molecule has 2 saturated carbocycles. The summed E-state index contributed by atoms with van der Waals surface area (Å²) in [6.07, 6.45) is 8.87. The summed E-state index contributed by atoms with van der Waals surface area (Å²) in [6.45, 7) is 14.4. The van der Waals surface area contributed by atoms with Crippen molar-refractivity contribution in [3.05, 3.63) is 34.9 Å². The van der Waals surface area contributed by atoms with Crippen molar-refractivity contribution in [3.63, 3.8) is 0 Å². The van der Waals surface area contributed by atoms with E-state index in [-0.39, 0.29) is 0 Å². The Hall–Kier alpha value is -1.02. The van der Waals surface area contributed by atoms with Crippen LogP contribution in [-0.4, -0.2) is 54.6 Å². The second-order valence-electron chi connectivity index (χ2n) is 11.6. The fourth-order valence-electron chi connectivity index (χ4n) is 5.86. The van der Waals surface area contributed by atoms with E-state index in [2.05, 4.69) is 62.7 Å². The summed E-state index contributed by atoms with van der Waals surface area (Å²) in [6, 6.07) is 7.07. The molecule has 1 aromatic carbocycles. The summed E-state index contributed by atoms with van der Waals surface area (Å²) < 4.78 is 0. The lowest BCUT2D eigenvalue weighted by Crippen LogP contribution is -2.53. The summed E-state index contributed by atoms with van der Waals surface area (Å²) in [5.41, 5.74) is 4.31. The minimum Gasteiger partial charge on any atom is -0.304 e. The fourth-order valence-corrected chi connectivity index (χ4v) is 5.86. The molecule has 4 fully saturated rings. The first kappa shape index (κ1) is 27.0. The van der Waals surface area contributed by atoms with E-state index >= 15 is 0 Å². The number of nitrogens with zero attached hydrogens (tertiary/aromatic N) is 2. The molecule has 2 saturated heterocycles. The third-order valence-corrected chi connectivity index (χ3v) is 8.19. The van der Waals surface area contributed by atoms with Gasteiger partial charge in [-0.1, -0.05) is 51.8 Å². The second-order valence-corrected chi connectivity index (χ2v) is 11.6. The van der Waals surface area contributed by atoms with Gasteiger partial charge in [0.25, 0.3) is 0 Å². The molecule has 2 aliphatic heterocycles. The number of likely N-dealkylation sites (N-methyl/N-ethyl adjacent to an activating group) is 1. The summed E-state index contributed by atoms with van der Waals surface area (Å²) in [5.74, 6) is -0.336. The molecule has 4 aliphatic rings. The van der Waals surface area contributed by atoms with Gasteiger partial charge in [0.05, 0.1) is 0 Å². The molecular formula is C29H48N2O4. The van der Waals surface area contributed by atoms with Gasteiger partial charge in [-0.3, -0.25) is 4.90 Å². The lowest BCUT2D eigenvalue weighted by Gasteiger charge is -2.47. The minimum absolute atomic E-state index is 0.533. The Morgan fingerprint density at radius 1 is 0.886 bits per heavy atom. The third kappa shape index (κ3) is 6.85. The van der Waals surface area contributed by atoms with E-state index in [4.69, 9.17) is 19.6 Å². The van der Waals surface area contributed by atoms with Gasteiger partial charge in [-0.2, -0.15) is 19.6 Å². The van der Waals surface area contributed by atoms with Gasteiger partial charge in [0.1, 0.15) is 0 Å². The van der Waals surface area contributed by atoms with Crippen LogP contribution in [0.2, 0.25) is 0 Å². The van der Waals surface area contributed by atoms with Gasteiger partial charge < -0.3 is 4.90 Å². The Kier molecular flexibility index (Phi) is 9.28. The molecule has 0 aromatic heterocycles. The Morgan fingerprint density at radius 3 is 2.14 bits per heavy atom. The highest BCUT2D eigenvalue weighted by Gasteiger charge is 2.51. The van der Waals surface area contributed by atoms with E-state index in [1.54, 1.807) is 0 Å². The van der Waals surface area contributed by atoms with Crippen LogP contribution in [0.4, 0.5) is 0 Å². The van der Waals surface area contributed by atoms with Crippen molar-refractivity contribution in [2.24, 2.45) is 5.92 Å². The average molecular weight is 489 g/mol. The van der Waals surface area contributed by atoms with Gasteiger partial charge in [0.2, 0.25) is 11.6 Å². The molecule has 1 unspecified atom stereocenters. The first-order chi connectivity index (χ1) is 16.9. The molecule has 35 heavy (non-hydrogen) atoms. The van der Waals surface area contributed by atoms with Crippen molar-refractivity contribution in [2.75, 3.05) is 33.2 Å². The fraction of sp³-hybridized carbons (Fsp3) is 0.793. The lowest BCUT2D eigenvalue weighted by atomic mass is 9.80. The highest BCUT2D eigenvalue weighted by molar-refractivity contribution is 5.33. The normalized spacial score (nSPS) is 34.5. The van der Waals surface area contributed by atoms with Crippen molar-refractivity contribution < 1.29 is 19.6 Å². The topological polar surface area (TPSA) is 43.4 Å². The molecule has 0 radical (unpaired) electrons. The second kappa shape index (κ2) is 12.0. The zero-order chi connectivity index (χ0) is 24.9. The van der Waals surface area contributed by atoms with E-state index < -0.39 is 11.6 Å². The summed E-state index contributed by atoms with van der Waals surface area (Å²) in [5, 5.41) is 0. The largest absolute Gasteiger partial charge is 0.304 e. The summed E-state index contributed by atoms with van der Waals surface area (Å²) in [4.78, 5) is 28.6. The molecule has 6 nitrogen and oxygen atoms in total. The number of piperazine rings is 1. The zero-order valence-corrected chi connectivity index (χ0v) is 22.8. The highest BCUT2D eigenvalue weighted by Crippen LogP contribution is 2.47. The van der Waals surface area contributed by atoms with Crippen molar-refractivity contribution in [1.29, 1.82) is 0 Å². The van der Waals surface area contributed by atoms with Crippen LogP contribution in [0.5, 0.6) is 0 Å². The zero-order valence-electron chi connectivity index (χ0n) is 22.8. The monoisotopic (exact) mass is 488 g/mol. The Balaban J connectivity index is 0.000000917. The molecule has 1 atom stereocenters. The van der Waals surface area contributed by atoms with E-state index in [0.29, 0.717) is 11.8 Å². The van der Waals surface area contributed by atoms with E-state index in [9.17, 15) is 0 Å². The highest BCUT2D eigenvalue weighted by atomic mass is 17.4. The molecule has 1 aromatic rings. The van der Waals surface area contributed by atoms with Crippen molar-refractivity contribution in [3.8, 4) is 0 Å². The summed E-state index contributed by atoms with van der Waals surface area (Å²) >= 11 is 0. The SMILES string of the molecule is CCC.Cc1ccc(C2CCC3(CC2)OOC2(CCCC(C)C2)OO3)cc1CN1CCN(C)CC1. The van der Waals surface area contributed by atoms with E-state index in [0.717, 1.165) is 77.7 Å². The van der Waals surface area contributed by atoms with Crippen LogP contribution >= 0.6 is 0 Å². The van der Waals surface area contributed by atoms with Crippen molar-refractivity contribution in [2.45, 2.75) is 110 Å². The first-order valence-electron chi connectivity index (χ1n) is 14.1. The molecule has 198 valence electrons. The number of hydrogen-bond donors (Lipinski definition) is 0. The van der Waals surface area contributed by atoms with Gasteiger partial charge in [-0.25, -0.2) is 0 Å². The third-order valence-electron chi connectivity index (χ3n) is 8.19. The molecular weight excluding hydrogens is 440 g/mol. The van der Waals surface area contributed by atoms with Crippen molar-refractivity contribution >= 4 is 0 Å². The maximum Gasteiger partial charge on any atom is 0.234 e. The van der Waals surface area contributed by atoms with Gasteiger partial charge in [-0.15, -0.1) is 0 Å². The molecule has 2 aliphatic carbocycles. The number of aryl methyl sites for hydroxylation is 1. The average Bonchev–Trinajstić information content (AvgIpc) is 2.85. The lowest BCUT2D eigenvalue weighted by molar-refractivity contribution is -0.663. The van der Waals surface area contributed by atoms with Crippen molar-refractivity contribution in [1.82, 2.24) is 9.80 Å². The molecule has 0 bridgehead atoms. The molecule has 6 heteroatoms. The molecule has 2 spiro atoms. The van der Waals surface area contributed by atoms with Crippen LogP contribution in [0.1, 0.15) is 101 Å². The quantitative estimate of drug-likeness (QED) is 0.463. The first-order valence-corrected chi connectivity index (χ1v) is 14.1. The number of rotatable bonds is 3. The molecule has 0 N–H and O–H groups in total. The predicted octanol–water partition coefficient (Wildman–Crippen LogP) is 6.33. The van der Waals surface area contributed by atoms with E-state index in [1.165, 1.54) is 29.5 Å². The Morgan fingerprint density at radius 2 is 1.51 bits per heavy atom. The van der Waals surface area contributed by atoms with Gasteiger partial charge in [0.15, 0.2) is 0 Å². The standard InChI is InChI=1S/C26H40N2O4.C3H8/c1-20-5-4-10-26(18-20)31-29-25(30-32-26)11-8-22(9-12-25)23-7-6-21(2)24(17-23)19-28-15-13-27(3)14-16-28;1-3-2/h6-7,17,20,22H,4-5,8-16,18-19H2,1-3H3;3H2,1-2H3. The Bertz CT molecular complexity index is 790. The van der Waals surface area contributed by atoms with Gasteiger partial charge in [0, 0.05) is 58.4 Å². The van der Waals surface area contributed by atoms with Crippen LogP contribution < -0.4 is 0 Å². The molecule has 0 amide bonds. The number of hydrogen-bond acceptors (Lipinski definition) is 6. The maximum absolute atomic E-state index is 5.93. The molecule has 5 rings (SSSR count). The Labute approximate surface area is 213 Å². The summed E-state index contributed by atoms with van der Waals surface area (Å²) in [7, 11) is 2.21. The van der Waals surface area contributed by atoms with Crippen LogP contribution in [0.25, 0.3) is 0 Å². The predicted molar refractivity (Wildman–Crippen MR) is 139 cm³/mol. The van der Waals surface area contributed by atoms with Gasteiger partial charge >= 0.3 is 0 Å². The maximum atomic E-state index is 5.93. The minimum atomic E-state index is -0.740. The number of benzene rings is 1. The van der Waals surface area contributed by atoms with E-state index in [1.807, 2.05) is 0 Å². The van der Waals surface area contributed by atoms with Crippen LogP contribution in [0, 0.1) is 12.8 Å². The molecule has 2 heterocycles. The smallest absolute Gasteiger partial charge is 0.234 e. The van der Waals surface area contributed by atoms with Crippen LogP contribution in [0.3, 0.4) is 0 Å².